The molecule has 2 aliphatic heterocycles. The van der Waals surface area contributed by atoms with Crippen LogP contribution >= 0.6 is 0 Å². The third kappa shape index (κ3) is 2.32. The molecule has 0 saturated carbocycles. The van der Waals surface area contributed by atoms with E-state index in [2.05, 4.69) is 10.9 Å². The molecule has 4 heteroatoms. The quantitative estimate of drug-likeness (QED) is 0.848. The number of nitrogens with one attached hydrogen (secondary N) is 2. The number of carbonyl (C=O) groups is 1. The summed E-state index contributed by atoms with van der Waals surface area (Å²) in [5.41, 5.74) is 9.76. The summed E-state index contributed by atoms with van der Waals surface area (Å²) in [7, 11) is 0. The number of hydrogen-bond acceptors (Lipinski definition) is 4. The van der Waals surface area contributed by atoms with Crippen molar-refractivity contribution < 1.29 is 9.53 Å². The molecule has 4 rings (SSSR count). The minimum absolute atomic E-state index is 0.0118. The highest BCUT2D eigenvalue weighted by Crippen LogP contribution is 2.41. The van der Waals surface area contributed by atoms with E-state index >= 15 is 0 Å². The van der Waals surface area contributed by atoms with Crippen LogP contribution in [0.1, 0.15) is 17.2 Å². The smallest absolute Gasteiger partial charge is 0.212 e. The van der Waals surface area contributed by atoms with E-state index in [-0.39, 0.29) is 18.0 Å². The predicted octanol–water partition coefficient (Wildman–Crippen LogP) is 2.21. The van der Waals surface area contributed by atoms with Gasteiger partial charge in [-0.1, -0.05) is 60.7 Å². The van der Waals surface area contributed by atoms with Crippen LogP contribution in [-0.2, 0) is 9.53 Å². The summed E-state index contributed by atoms with van der Waals surface area (Å²) in [5.74, 6) is 0.0118. The number of ether oxygens (including phenoxy) is 1. The van der Waals surface area contributed by atoms with Gasteiger partial charge in [0, 0.05) is 12.1 Å². The summed E-state index contributed by atoms with van der Waals surface area (Å²) >= 11 is 0. The van der Waals surface area contributed by atoms with Gasteiger partial charge in [-0.05, 0) is 11.1 Å². The average Bonchev–Trinajstić information content (AvgIpc) is 3.24. The van der Waals surface area contributed by atoms with Gasteiger partial charge in [0.05, 0.1) is 0 Å². The van der Waals surface area contributed by atoms with E-state index in [4.69, 9.17) is 4.74 Å². The fourth-order valence-electron chi connectivity index (χ4n) is 2.83. The molecule has 0 aromatic heterocycles. The summed E-state index contributed by atoms with van der Waals surface area (Å²) in [4.78, 5) is 12.7. The summed E-state index contributed by atoms with van der Waals surface area (Å²) in [6.07, 6.45) is -0.510. The van der Waals surface area contributed by atoms with Crippen LogP contribution in [0.2, 0.25) is 0 Å². The SMILES string of the molecule is O=C(C1=C(c2ccccc2)CNN1)[C@H]1O[C@@H]1c1ccccc1. The van der Waals surface area contributed by atoms with E-state index in [1.54, 1.807) is 0 Å². The van der Waals surface area contributed by atoms with Crippen LogP contribution in [-0.4, -0.2) is 18.4 Å². The molecule has 0 spiro atoms. The predicted molar refractivity (Wildman–Crippen MR) is 83.6 cm³/mol. The number of Topliss-reactive ketones (excluding diaryl/α,β-unsaturated/α-hetero) is 1. The van der Waals surface area contributed by atoms with Crippen molar-refractivity contribution in [3.8, 4) is 0 Å². The van der Waals surface area contributed by atoms with Crippen LogP contribution in [0.15, 0.2) is 66.4 Å². The molecule has 4 nitrogen and oxygen atoms in total. The lowest BCUT2D eigenvalue weighted by atomic mass is 10.00. The molecule has 2 N–H and O–H groups in total. The highest BCUT2D eigenvalue weighted by Gasteiger charge is 2.47. The number of rotatable bonds is 4. The summed E-state index contributed by atoms with van der Waals surface area (Å²) in [6, 6.07) is 19.8. The summed E-state index contributed by atoms with van der Waals surface area (Å²) < 4.78 is 5.61. The van der Waals surface area contributed by atoms with E-state index in [0.29, 0.717) is 12.2 Å². The Morgan fingerprint density at radius 1 is 1.00 bits per heavy atom. The van der Waals surface area contributed by atoms with Crippen LogP contribution in [0, 0.1) is 0 Å². The van der Waals surface area contributed by atoms with Gasteiger partial charge in [-0.3, -0.25) is 4.79 Å². The van der Waals surface area contributed by atoms with Gasteiger partial charge in [0.15, 0.2) is 6.10 Å². The molecule has 1 fully saturated rings. The normalized spacial score (nSPS) is 23.3. The van der Waals surface area contributed by atoms with Gasteiger partial charge in [-0.15, -0.1) is 0 Å². The number of ketones is 1. The molecule has 2 aromatic carbocycles. The number of hydrazine groups is 1. The van der Waals surface area contributed by atoms with Crippen molar-refractivity contribution in [3.63, 3.8) is 0 Å². The standard InChI is InChI=1S/C18H16N2O2/c21-16(18-17(22-18)13-9-5-2-6-10-13)15-14(11-19-20-15)12-7-3-1-4-8-12/h1-10,17-20H,11H2/t17-,18-/m1/s1. The molecule has 0 unspecified atom stereocenters. The molecule has 2 heterocycles. The number of carbonyl (C=O) groups excluding carboxylic acids is 1. The van der Waals surface area contributed by atoms with Gasteiger partial charge in [0.25, 0.3) is 0 Å². The molecule has 110 valence electrons. The fraction of sp³-hybridized carbons (Fsp3) is 0.167. The number of benzene rings is 2. The first-order chi connectivity index (χ1) is 10.8. The molecular formula is C18H16N2O2. The number of hydrogen-bond donors (Lipinski definition) is 2. The average molecular weight is 292 g/mol. The lowest BCUT2D eigenvalue weighted by molar-refractivity contribution is -0.117. The van der Waals surface area contributed by atoms with Crippen molar-refractivity contribution in [1.29, 1.82) is 0 Å². The largest absolute Gasteiger partial charge is 0.356 e. The Kier molecular flexibility index (Phi) is 3.25. The Morgan fingerprint density at radius 3 is 2.41 bits per heavy atom. The van der Waals surface area contributed by atoms with Crippen LogP contribution in [0.3, 0.4) is 0 Å². The summed E-state index contributed by atoms with van der Waals surface area (Å²) in [5, 5.41) is 0. The number of epoxide rings is 1. The summed E-state index contributed by atoms with van der Waals surface area (Å²) in [6.45, 7) is 0.633. The highest BCUT2D eigenvalue weighted by atomic mass is 16.6. The van der Waals surface area contributed by atoms with Gasteiger partial charge in [0.2, 0.25) is 5.78 Å². The molecule has 22 heavy (non-hydrogen) atoms. The van der Waals surface area contributed by atoms with E-state index in [9.17, 15) is 4.79 Å². The molecule has 0 aliphatic carbocycles. The minimum atomic E-state index is -0.386. The topological polar surface area (TPSA) is 53.7 Å². The van der Waals surface area contributed by atoms with Crippen molar-refractivity contribution in [3.05, 3.63) is 77.5 Å². The van der Waals surface area contributed by atoms with Gasteiger partial charge in [-0.25, -0.2) is 5.43 Å². The van der Waals surface area contributed by atoms with Crippen LogP contribution in [0.25, 0.3) is 5.57 Å². The van der Waals surface area contributed by atoms with Crippen molar-refractivity contribution >= 4 is 11.4 Å². The zero-order valence-electron chi connectivity index (χ0n) is 12.0. The highest BCUT2D eigenvalue weighted by molar-refractivity contribution is 6.07. The second-order valence-corrected chi connectivity index (χ2v) is 5.45. The second kappa shape index (κ2) is 5.40. The minimum Gasteiger partial charge on any atom is -0.356 e. The Labute approximate surface area is 128 Å². The van der Waals surface area contributed by atoms with E-state index < -0.39 is 0 Å². The van der Waals surface area contributed by atoms with Crippen molar-refractivity contribution in [1.82, 2.24) is 10.9 Å². The van der Waals surface area contributed by atoms with E-state index in [1.165, 1.54) is 0 Å². The zero-order valence-corrected chi connectivity index (χ0v) is 12.0. The van der Waals surface area contributed by atoms with Crippen LogP contribution in [0.4, 0.5) is 0 Å². The Bertz CT molecular complexity index is 725. The first-order valence-corrected chi connectivity index (χ1v) is 7.36. The molecule has 0 radical (unpaired) electrons. The maximum Gasteiger partial charge on any atom is 0.212 e. The Hall–Kier alpha value is -2.43. The molecule has 0 amide bonds. The van der Waals surface area contributed by atoms with Gasteiger partial charge >= 0.3 is 0 Å². The van der Waals surface area contributed by atoms with Crippen LogP contribution < -0.4 is 10.9 Å². The lowest BCUT2D eigenvalue weighted by Gasteiger charge is -2.04. The molecular weight excluding hydrogens is 276 g/mol. The molecule has 0 bridgehead atoms. The molecule has 1 saturated heterocycles. The fourth-order valence-corrected chi connectivity index (χ4v) is 2.83. The first kappa shape index (κ1) is 13.2. The lowest BCUT2D eigenvalue weighted by Crippen LogP contribution is -2.29. The molecule has 2 atom stereocenters. The van der Waals surface area contributed by atoms with E-state index in [1.807, 2.05) is 60.7 Å². The molecule has 2 aliphatic rings. The maximum atomic E-state index is 12.7. The molecule has 2 aromatic rings. The third-order valence-corrected chi connectivity index (χ3v) is 4.03. The zero-order chi connectivity index (χ0) is 14.9. The first-order valence-electron chi connectivity index (χ1n) is 7.36. The second-order valence-electron chi connectivity index (χ2n) is 5.45. The Balaban J connectivity index is 1.58. The Morgan fingerprint density at radius 2 is 1.68 bits per heavy atom. The van der Waals surface area contributed by atoms with Crippen molar-refractivity contribution in [2.24, 2.45) is 0 Å². The maximum absolute atomic E-state index is 12.7. The van der Waals surface area contributed by atoms with Crippen molar-refractivity contribution in [2.45, 2.75) is 12.2 Å². The monoisotopic (exact) mass is 292 g/mol. The van der Waals surface area contributed by atoms with Gasteiger partial charge in [-0.2, -0.15) is 0 Å². The van der Waals surface area contributed by atoms with Crippen molar-refractivity contribution in [2.75, 3.05) is 6.54 Å². The van der Waals surface area contributed by atoms with Crippen LogP contribution in [0.5, 0.6) is 0 Å². The third-order valence-electron chi connectivity index (χ3n) is 4.03. The van der Waals surface area contributed by atoms with Gasteiger partial charge in [0.1, 0.15) is 11.8 Å². The van der Waals surface area contributed by atoms with Gasteiger partial charge < -0.3 is 10.2 Å². The van der Waals surface area contributed by atoms with E-state index in [0.717, 1.165) is 16.7 Å².